The van der Waals surface area contributed by atoms with Crippen molar-refractivity contribution in [3.05, 3.63) is 11.1 Å². The highest BCUT2D eigenvalue weighted by Crippen LogP contribution is 2.72. The average Bonchev–Trinajstić information content (AvgIpc) is 3.28. The van der Waals surface area contributed by atoms with Gasteiger partial charge >= 0.3 is 5.97 Å². The number of aliphatic hydroxyl groups excluding tert-OH is 1. The van der Waals surface area contributed by atoms with Crippen LogP contribution in [-0.2, 0) is 9.53 Å². The number of carbonyl (C=O) groups is 1. The zero-order valence-corrected chi connectivity index (χ0v) is 23.2. The molecular formula is C31H50O3. The van der Waals surface area contributed by atoms with Crippen LogP contribution in [0.1, 0.15) is 113 Å². The highest BCUT2D eigenvalue weighted by molar-refractivity contribution is 5.75. The van der Waals surface area contributed by atoms with E-state index in [4.69, 9.17) is 4.74 Å². The molecule has 5 aliphatic rings. The number of aliphatic hydroxyl groups is 1. The number of rotatable bonds is 3. The highest BCUT2D eigenvalue weighted by atomic mass is 16.6. The molecule has 3 heteroatoms. The van der Waals surface area contributed by atoms with Crippen molar-refractivity contribution in [2.45, 2.75) is 125 Å². The van der Waals surface area contributed by atoms with Crippen molar-refractivity contribution in [3.63, 3.8) is 0 Å². The summed E-state index contributed by atoms with van der Waals surface area (Å²) in [6.07, 6.45) is 10.4. The molecule has 0 aromatic heterocycles. The fourth-order valence-electron chi connectivity index (χ4n) is 10.3. The van der Waals surface area contributed by atoms with E-state index in [2.05, 4.69) is 55.4 Å². The summed E-state index contributed by atoms with van der Waals surface area (Å²) >= 11 is 0. The smallest absolute Gasteiger partial charge is 0.309 e. The second-order valence-electron chi connectivity index (χ2n) is 14.7. The molecule has 1 aliphatic heterocycles. The number of carbonyl (C=O) groups excluding carboxylic acids is 1. The zero-order chi connectivity index (χ0) is 24.8. The van der Waals surface area contributed by atoms with Gasteiger partial charge in [-0.1, -0.05) is 66.5 Å². The topological polar surface area (TPSA) is 46.5 Å². The molecule has 0 aromatic rings. The fraction of sp³-hybridized carbons (Fsp3) is 0.903. The summed E-state index contributed by atoms with van der Waals surface area (Å²) in [5.74, 6) is 2.11. The van der Waals surface area contributed by atoms with Gasteiger partial charge in [-0.05, 0) is 103 Å². The lowest BCUT2D eigenvalue weighted by atomic mass is 9.43. The van der Waals surface area contributed by atoms with Gasteiger partial charge in [-0.25, -0.2) is 0 Å². The molecule has 192 valence electrons. The van der Waals surface area contributed by atoms with Crippen LogP contribution in [0, 0.1) is 51.2 Å². The number of allylic oxidation sites excluding steroid dienone is 2. The molecular weight excluding hydrogens is 420 g/mol. The van der Waals surface area contributed by atoms with E-state index in [9.17, 15) is 9.90 Å². The lowest BCUT2D eigenvalue weighted by Crippen LogP contribution is -2.55. The summed E-state index contributed by atoms with van der Waals surface area (Å²) in [5.41, 5.74) is 4.36. The fourth-order valence-corrected chi connectivity index (χ4v) is 10.3. The van der Waals surface area contributed by atoms with Gasteiger partial charge < -0.3 is 9.84 Å². The molecule has 1 unspecified atom stereocenters. The van der Waals surface area contributed by atoms with Crippen LogP contribution in [0.2, 0.25) is 0 Å². The molecule has 3 nitrogen and oxygen atoms in total. The normalized spacial score (nSPS) is 48.9. The minimum Gasteiger partial charge on any atom is -0.462 e. The SMILES string of the molecule is CC(C)[C@@H]1C[C@H]([C@@H](C)[C@H]2CC[C@@]3(C)C4=C(CC[C@]23C)[C@@]2(C)CC[C@H](O)C(C)(C)C2CC4)OC1=O. The Bertz CT molecular complexity index is 885. The Morgan fingerprint density at radius 1 is 0.912 bits per heavy atom. The predicted molar refractivity (Wildman–Crippen MR) is 137 cm³/mol. The molecule has 1 heterocycles. The van der Waals surface area contributed by atoms with Gasteiger partial charge in [0.05, 0.1) is 12.0 Å². The average molecular weight is 471 g/mol. The molecule has 0 radical (unpaired) electrons. The van der Waals surface area contributed by atoms with Crippen molar-refractivity contribution in [1.29, 1.82) is 0 Å². The quantitative estimate of drug-likeness (QED) is 0.347. The first-order valence-corrected chi connectivity index (χ1v) is 14.4. The third-order valence-electron chi connectivity index (χ3n) is 12.9. The van der Waals surface area contributed by atoms with Crippen LogP contribution in [0.3, 0.4) is 0 Å². The first-order valence-electron chi connectivity index (χ1n) is 14.4. The zero-order valence-electron chi connectivity index (χ0n) is 23.2. The Hall–Kier alpha value is -0.830. The molecule has 4 aliphatic carbocycles. The third kappa shape index (κ3) is 3.13. The van der Waals surface area contributed by atoms with Gasteiger partial charge in [0, 0.05) is 0 Å². The number of hydrogen-bond donors (Lipinski definition) is 1. The molecule has 1 saturated heterocycles. The molecule has 1 N–H and O–H groups in total. The second kappa shape index (κ2) is 7.83. The Labute approximate surface area is 208 Å². The maximum atomic E-state index is 12.6. The Morgan fingerprint density at radius 3 is 2.26 bits per heavy atom. The molecule has 34 heavy (non-hydrogen) atoms. The number of hydrogen-bond acceptors (Lipinski definition) is 3. The van der Waals surface area contributed by atoms with E-state index in [1.807, 2.05) is 0 Å². The van der Waals surface area contributed by atoms with Crippen molar-refractivity contribution in [3.8, 4) is 0 Å². The summed E-state index contributed by atoms with van der Waals surface area (Å²) in [6.45, 7) is 19.1. The number of fused-ring (bicyclic) bond motifs is 4. The maximum absolute atomic E-state index is 12.6. The van der Waals surface area contributed by atoms with Crippen LogP contribution in [0.4, 0.5) is 0 Å². The molecule has 0 amide bonds. The Balaban J connectivity index is 1.45. The third-order valence-corrected chi connectivity index (χ3v) is 12.9. The van der Waals surface area contributed by atoms with E-state index in [1.54, 1.807) is 11.1 Å². The van der Waals surface area contributed by atoms with Crippen LogP contribution in [0.15, 0.2) is 11.1 Å². The van der Waals surface area contributed by atoms with E-state index in [0.29, 0.717) is 23.7 Å². The highest BCUT2D eigenvalue weighted by Gasteiger charge is 2.64. The molecule has 2 saturated carbocycles. The van der Waals surface area contributed by atoms with Gasteiger partial charge in [-0.15, -0.1) is 0 Å². The van der Waals surface area contributed by atoms with Crippen LogP contribution in [0.5, 0.6) is 0 Å². The monoisotopic (exact) mass is 470 g/mol. The van der Waals surface area contributed by atoms with Gasteiger partial charge in [0.15, 0.2) is 0 Å². The maximum Gasteiger partial charge on any atom is 0.309 e. The summed E-state index contributed by atoms with van der Waals surface area (Å²) in [5, 5.41) is 10.8. The molecule has 0 spiro atoms. The summed E-state index contributed by atoms with van der Waals surface area (Å²) in [4.78, 5) is 12.6. The van der Waals surface area contributed by atoms with Gasteiger partial charge in [0.2, 0.25) is 0 Å². The first-order chi connectivity index (χ1) is 15.8. The van der Waals surface area contributed by atoms with E-state index in [-0.39, 0.29) is 45.8 Å². The number of esters is 1. The minimum atomic E-state index is -0.169. The lowest BCUT2D eigenvalue weighted by molar-refractivity contribution is -0.148. The molecule has 3 fully saturated rings. The Morgan fingerprint density at radius 2 is 1.62 bits per heavy atom. The standard InChI is InChI=1S/C31H50O3/c1-18(2)20-17-24(34-27(20)33)19(3)21-11-15-31(8)23-9-10-25-28(4,5)26(32)13-14-29(25,6)22(23)12-16-30(21,31)7/h18-21,24-26,32H,9-17H2,1-8H3/t19-,20-,21+,24+,25?,26-,29+,30+,31-/m0/s1. The van der Waals surface area contributed by atoms with E-state index >= 15 is 0 Å². The second-order valence-corrected chi connectivity index (χ2v) is 14.7. The van der Waals surface area contributed by atoms with E-state index in [0.717, 1.165) is 19.3 Å². The van der Waals surface area contributed by atoms with E-state index < -0.39 is 0 Å². The number of cyclic esters (lactones) is 1. The molecule has 5 rings (SSSR count). The van der Waals surface area contributed by atoms with Gasteiger partial charge in [0.25, 0.3) is 0 Å². The van der Waals surface area contributed by atoms with Crippen molar-refractivity contribution in [1.82, 2.24) is 0 Å². The van der Waals surface area contributed by atoms with Gasteiger partial charge in [-0.2, -0.15) is 0 Å². The van der Waals surface area contributed by atoms with Crippen molar-refractivity contribution in [2.24, 2.45) is 51.2 Å². The molecule has 0 bridgehead atoms. The van der Waals surface area contributed by atoms with E-state index in [1.165, 1.54) is 38.5 Å². The van der Waals surface area contributed by atoms with Crippen molar-refractivity contribution >= 4 is 5.97 Å². The lowest BCUT2D eigenvalue weighted by Gasteiger charge is -2.62. The first kappa shape index (κ1) is 24.8. The van der Waals surface area contributed by atoms with Crippen LogP contribution < -0.4 is 0 Å². The minimum absolute atomic E-state index is 0.000778. The Kier molecular flexibility index (Phi) is 5.72. The summed E-state index contributed by atoms with van der Waals surface area (Å²) in [7, 11) is 0. The summed E-state index contributed by atoms with van der Waals surface area (Å²) < 4.78 is 6.02. The van der Waals surface area contributed by atoms with Crippen molar-refractivity contribution in [2.75, 3.05) is 0 Å². The number of ether oxygens (including phenoxy) is 1. The summed E-state index contributed by atoms with van der Waals surface area (Å²) in [6, 6.07) is 0. The largest absolute Gasteiger partial charge is 0.462 e. The van der Waals surface area contributed by atoms with Crippen LogP contribution >= 0.6 is 0 Å². The van der Waals surface area contributed by atoms with Crippen molar-refractivity contribution < 1.29 is 14.6 Å². The van der Waals surface area contributed by atoms with Gasteiger partial charge in [0.1, 0.15) is 6.10 Å². The predicted octanol–water partition coefficient (Wildman–Crippen LogP) is 7.32. The van der Waals surface area contributed by atoms with Gasteiger partial charge in [-0.3, -0.25) is 4.79 Å². The molecule has 9 atom stereocenters. The molecule has 0 aromatic carbocycles. The van der Waals surface area contributed by atoms with Crippen LogP contribution in [0.25, 0.3) is 0 Å². The van der Waals surface area contributed by atoms with Crippen LogP contribution in [-0.4, -0.2) is 23.3 Å².